The van der Waals surface area contributed by atoms with Crippen molar-refractivity contribution < 1.29 is 0 Å². The summed E-state index contributed by atoms with van der Waals surface area (Å²) in [6.07, 6.45) is 1.63. The first kappa shape index (κ1) is 13.4. The van der Waals surface area contributed by atoms with E-state index in [9.17, 15) is 0 Å². The molecule has 0 N–H and O–H groups in total. The molecule has 2 aromatic heterocycles. The fraction of sp³-hybridized carbons (Fsp3) is 0.200. The minimum atomic E-state index is 0.321. The van der Waals surface area contributed by atoms with Crippen LogP contribution in [0.5, 0.6) is 0 Å². The topological polar surface area (TPSA) is 30.7 Å². The molecule has 0 aliphatic heterocycles. The van der Waals surface area contributed by atoms with Crippen LogP contribution in [0.1, 0.15) is 17.0 Å². The summed E-state index contributed by atoms with van der Waals surface area (Å²) < 4.78 is 2.00. The Morgan fingerprint density at radius 3 is 2.80 bits per heavy atom. The van der Waals surface area contributed by atoms with E-state index in [4.69, 9.17) is 23.2 Å². The van der Waals surface area contributed by atoms with E-state index in [2.05, 4.69) is 35.9 Å². The number of imidazole rings is 1. The molecule has 0 spiro atoms. The van der Waals surface area contributed by atoms with Crippen LogP contribution in [0, 0.1) is 13.8 Å². The lowest BCUT2D eigenvalue weighted by atomic mass is 10.1. The number of pyridine rings is 1. The summed E-state index contributed by atoms with van der Waals surface area (Å²) in [5.41, 5.74) is 5.00. The second-order valence-corrected chi connectivity index (χ2v) is 5.42. The van der Waals surface area contributed by atoms with Crippen molar-refractivity contribution in [2.75, 3.05) is 0 Å². The van der Waals surface area contributed by atoms with Gasteiger partial charge in [-0.05, 0) is 37.1 Å². The molecule has 1 aromatic carbocycles. The Hall–Kier alpha value is -1.58. The Morgan fingerprint density at radius 2 is 2.05 bits per heavy atom. The first-order chi connectivity index (χ1) is 9.61. The summed E-state index contributed by atoms with van der Waals surface area (Å²) in [4.78, 5) is 8.93. The van der Waals surface area contributed by atoms with Gasteiger partial charge in [0.2, 0.25) is 0 Å². The SMILES string of the molecule is Cc1cccc(-n2c(CCl)nc3cc(Cl)cnc32)c1C. The molecule has 0 radical (unpaired) electrons. The summed E-state index contributed by atoms with van der Waals surface area (Å²) in [6, 6.07) is 7.97. The number of rotatable bonds is 2. The van der Waals surface area contributed by atoms with Gasteiger partial charge in [-0.25, -0.2) is 9.97 Å². The van der Waals surface area contributed by atoms with Crippen molar-refractivity contribution in [1.29, 1.82) is 0 Å². The van der Waals surface area contributed by atoms with Crippen molar-refractivity contribution in [3.8, 4) is 5.69 Å². The number of halogens is 2. The third kappa shape index (κ3) is 2.07. The van der Waals surface area contributed by atoms with Crippen LogP contribution in [0.4, 0.5) is 0 Å². The van der Waals surface area contributed by atoms with E-state index >= 15 is 0 Å². The maximum atomic E-state index is 6.04. The smallest absolute Gasteiger partial charge is 0.164 e. The van der Waals surface area contributed by atoms with Gasteiger partial charge in [0.15, 0.2) is 5.65 Å². The third-order valence-electron chi connectivity index (χ3n) is 3.47. The molecule has 5 heteroatoms. The van der Waals surface area contributed by atoms with Crippen molar-refractivity contribution in [1.82, 2.24) is 14.5 Å². The van der Waals surface area contributed by atoms with E-state index in [1.165, 1.54) is 11.1 Å². The lowest BCUT2D eigenvalue weighted by molar-refractivity contribution is 0.957. The number of alkyl halides is 1. The fourth-order valence-electron chi connectivity index (χ4n) is 2.31. The van der Waals surface area contributed by atoms with Crippen LogP contribution in [0.3, 0.4) is 0 Å². The predicted molar refractivity (Wildman–Crippen MR) is 82.9 cm³/mol. The zero-order valence-corrected chi connectivity index (χ0v) is 12.7. The highest BCUT2D eigenvalue weighted by Gasteiger charge is 2.15. The largest absolute Gasteiger partial charge is 0.279 e. The van der Waals surface area contributed by atoms with E-state index in [0.717, 1.165) is 22.7 Å². The molecule has 0 amide bonds. The Morgan fingerprint density at radius 1 is 1.25 bits per heavy atom. The average Bonchev–Trinajstić information content (AvgIpc) is 2.79. The van der Waals surface area contributed by atoms with Crippen molar-refractivity contribution in [3.05, 3.63) is 52.4 Å². The molecule has 0 saturated heterocycles. The molecule has 3 nitrogen and oxygen atoms in total. The summed E-state index contributed by atoms with van der Waals surface area (Å²) in [5.74, 6) is 1.09. The van der Waals surface area contributed by atoms with E-state index in [1.54, 1.807) is 6.20 Å². The van der Waals surface area contributed by atoms with Crippen LogP contribution in [-0.2, 0) is 5.88 Å². The third-order valence-corrected chi connectivity index (χ3v) is 3.92. The second-order valence-electron chi connectivity index (χ2n) is 4.71. The van der Waals surface area contributed by atoms with Crippen LogP contribution < -0.4 is 0 Å². The average molecular weight is 306 g/mol. The van der Waals surface area contributed by atoms with Crippen LogP contribution in [-0.4, -0.2) is 14.5 Å². The number of hydrogen-bond acceptors (Lipinski definition) is 2. The minimum Gasteiger partial charge on any atom is -0.279 e. The maximum absolute atomic E-state index is 6.04. The normalized spacial score (nSPS) is 11.2. The van der Waals surface area contributed by atoms with Gasteiger partial charge in [0.25, 0.3) is 0 Å². The lowest BCUT2D eigenvalue weighted by Gasteiger charge is -2.12. The van der Waals surface area contributed by atoms with E-state index in [0.29, 0.717) is 10.9 Å². The number of aryl methyl sites for hydroxylation is 1. The fourth-order valence-corrected chi connectivity index (χ4v) is 2.64. The molecule has 2 heterocycles. The first-order valence-electron chi connectivity index (χ1n) is 6.27. The summed E-state index contributed by atoms with van der Waals surface area (Å²) >= 11 is 12.0. The molecule has 0 atom stereocenters. The van der Waals surface area contributed by atoms with Gasteiger partial charge in [-0.1, -0.05) is 23.7 Å². The van der Waals surface area contributed by atoms with Crippen molar-refractivity contribution in [2.24, 2.45) is 0 Å². The van der Waals surface area contributed by atoms with E-state index in [-0.39, 0.29) is 0 Å². The lowest BCUT2D eigenvalue weighted by Crippen LogP contribution is -2.03. The molecule has 102 valence electrons. The van der Waals surface area contributed by atoms with Gasteiger partial charge in [-0.15, -0.1) is 11.6 Å². The molecule has 0 saturated carbocycles. The Balaban J connectivity index is 2.37. The molecule has 0 bridgehead atoms. The molecule has 0 unspecified atom stereocenters. The monoisotopic (exact) mass is 305 g/mol. The highest BCUT2D eigenvalue weighted by Crippen LogP contribution is 2.26. The first-order valence-corrected chi connectivity index (χ1v) is 7.18. The standard InChI is InChI=1S/C15H13Cl2N3/c1-9-4-3-5-13(10(9)2)20-14(7-16)19-12-6-11(17)8-18-15(12)20/h3-6,8H,7H2,1-2H3. The van der Waals surface area contributed by atoms with Gasteiger partial charge < -0.3 is 0 Å². The van der Waals surface area contributed by atoms with E-state index in [1.807, 2.05) is 16.7 Å². The predicted octanol–water partition coefficient (Wildman–Crippen LogP) is 4.43. The van der Waals surface area contributed by atoms with E-state index < -0.39 is 0 Å². The quantitative estimate of drug-likeness (QED) is 0.656. The molecule has 0 fully saturated rings. The molecule has 0 aliphatic rings. The van der Waals surface area contributed by atoms with Crippen LogP contribution >= 0.6 is 23.2 Å². The summed E-state index contributed by atoms with van der Waals surface area (Å²) in [5, 5.41) is 0.573. The van der Waals surface area contributed by atoms with Gasteiger partial charge in [0.1, 0.15) is 11.3 Å². The van der Waals surface area contributed by atoms with Crippen molar-refractivity contribution >= 4 is 34.4 Å². The minimum absolute atomic E-state index is 0.321. The number of hydrogen-bond donors (Lipinski definition) is 0. The number of fused-ring (bicyclic) bond motifs is 1. The van der Waals surface area contributed by atoms with Gasteiger partial charge in [-0.3, -0.25) is 4.57 Å². The molecule has 3 rings (SSSR count). The number of benzene rings is 1. The highest BCUT2D eigenvalue weighted by atomic mass is 35.5. The Kier molecular flexibility index (Phi) is 3.40. The van der Waals surface area contributed by atoms with Crippen LogP contribution in [0.25, 0.3) is 16.9 Å². The van der Waals surface area contributed by atoms with Gasteiger partial charge in [-0.2, -0.15) is 0 Å². The molecule has 0 aliphatic carbocycles. The molecular weight excluding hydrogens is 293 g/mol. The Labute approximate surface area is 127 Å². The maximum Gasteiger partial charge on any atom is 0.164 e. The summed E-state index contributed by atoms with van der Waals surface area (Å²) in [6.45, 7) is 4.17. The van der Waals surface area contributed by atoms with Crippen LogP contribution in [0.2, 0.25) is 5.02 Å². The zero-order valence-electron chi connectivity index (χ0n) is 11.2. The van der Waals surface area contributed by atoms with Crippen molar-refractivity contribution in [2.45, 2.75) is 19.7 Å². The number of nitrogens with zero attached hydrogens (tertiary/aromatic N) is 3. The molecule has 20 heavy (non-hydrogen) atoms. The van der Waals surface area contributed by atoms with Gasteiger partial charge in [0.05, 0.1) is 16.6 Å². The second kappa shape index (κ2) is 5.08. The zero-order chi connectivity index (χ0) is 14.3. The van der Waals surface area contributed by atoms with Crippen molar-refractivity contribution in [3.63, 3.8) is 0 Å². The molecular formula is C15H13Cl2N3. The number of aromatic nitrogens is 3. The van der Waals surface area contributed by atoms with Gasteiger partial charge >= 0.3 is 0 Å². The van der Waals surface area contributed by atoms with Gasteiger partial charge in [0, 0.05) is 6.20 Å². The molecule has 3 aromatic rings. The Bertz CT molecular complexity index is 793. The summed E-state index contributed by atoms with van der Waals surface area (Å²) in [7, 11) is 0. The highest BCUT2D eigenvalue weighted by molar-refractivity contribution is 6.31. The van der Waals surface area contributed by atoms with Crippen LogP contribution in [0.15, 0.2) is 30.5 Å².